The van der Waals surface area contributed by atoms with Crippen LogP contribution in [0.5, 0.6) is 0 Å². The summed E-state index contributed by atoms with van der Waals surface area (Å²) < 4.78 is 2.18. The summed E-state index contributed by atoms with van der Waals surface area (Å²) in [5.41, 5.74) is 10.1. The van der Waals surface area contributed by atoms with Crippen molar-refractivity contribution in [1.82, 2.24) is 15.1 Å². The number of aromatic nitrogens is 2. The predicted molar refractivity (Wildman–Crippen MR) is 68.2 cm³/mol. The van der Waals surface area contributed by atoms with E-state index in [1.165, 1.54) is 43.5 Å². The van der Waals surface area contributed by atoms with Crippen LogP contribution in [0, 0.1) is 0 Å². The van der Waals surface area contributed by atoms with Crippen LogP contribution in [-0.4, -0.2) is 29.4 Å². The van der Waals surface area contributed by atoms with Gasteiger partial charge in [-0.15, -0.1) is 0 Å². The van der Waals surface area contributed by atoms with Gasteiger partial charge in [-0.25, -0.2) is 0 Å². The first-order valence-electron chi connectivity index (χ1n) is 6.89. The Morgan fingerprint density at radius 2 is 2.12 bits per heavy atom. The van der Waals surface area contributed by atoms with E-state index in [2.05, 4.69) is 10.00 Å². The van der Waals surface area contributed by atoms with Crippen LogP contribution >= 0.6 is 0 Å². The monoisotopic (exact) mass is 234 g/mol. The number of nitrogens with one attached hydrogen (secondary N) is 1. The molecule has 0 spiro atoms. The Hall–Kier alpha value is -0.870. The van der Waals surface area contributed by atoms with Gasteiger partial charge in [0.1, 0.15) is 0 Å². The molecule has 1 fully saturated rings. The number of hydrogen-bond donors (Lipinski definition) is 2. The van der Waals surface area contributed by atoms with E-state index < -0.39 is 0 Å². The highest BCUT2D eigenvalue weighted by Gasteiger charge is 2.27. The summed E-state index contributed by atoms with van der Waals surface area (Å²) in [5.74, 6) is 0.683. The summed E-state index contributed by atoms with van der Waals surface area (Å²) in [6.45, 7) is 3.86. The molecule has 0 atom stereocenters. The molecule has 94 valence electrons. The van der Waals surface area contributed by atoms with Crippen LogP contribution in [-0.2, 0) is 19.4 Å². The molecule has 0 amide bonds. The summed E-state index contributed by atoms with van der Waals surface area (Å²) in [7, 11) is 0. The Bertz CT molecular complexity index is 390. The number of piperidine rings is 1. The van der Waals surface area contributed by atoms with Crippen molar-refractivity contribution in [3.63, 3.8) is 0 Å². The van der Waals surface area contributed by atoms with E-state index in [0.29, 0.717) is 12.5 Å². The zero-order chi connectivity index (χ0) is 11.7. The van der Waals surface area contributed by atoms with E-state index in [1.54, 1.807) is 5.56 Å². The maximum atomic E-state index is 5.67. The lowest BCUT2D eigenvalue weighted by molar-refractivity contribution is 0.444. The molecule has 4 heteroatoms. The van der Waals surface area contributed by atoms with Crippen LogP contribution in [0.1, 0.15) is 42.1 Å². The van der Waals surface area contributed by atoms with Crippen molar-refractivity contribution in [2.24, 2.45) is 5.73 Å². The van der Waals surface area contributed by atoms with Gasteiger partial charge in [-0.3, -0.25) is 4.68 Å². The maximum Gasteiger partial charge on any atom is 0.0691 e. The molecule has 1 aromatic heterocycles. The Balaban J connectivity index is 1.90. The maximum absolute atomic E-state index is 5.67. The van der Waals surface area contributed by atoms with Crippen LogP contribution in [0.2, 0.25) is 0 Å². The number of nitrogens with zero attached hydrogens (tertiary/aromatic N) is 2. The molecule has 3 rings (SSSR count). The lowest BCUT2D eigenvalue weighted by Gasteiger charge is -2.21. The third kappa shape index (κ3) is 2.00. The normalized spacial score (nSPS) is 20.8. The van der Waals surface area contributed by atoms with Crippen LogP contribution in [0.4, 0.5) is 0 Å². The predicted octanol–water partition coefficient (Wildman–Crippen LogP) is 0.797. The fourth-order valence-electron chi connectivity index (χ4n) is 3.27. The van der Waals surface area contributed by atoms with E-state index in [0.717, 1.165) is 19.6 Å². The van der Waals surface area contributed by atoms with Crippen LogP contribution in [0.15, 0.2) is 0 Å². The number of rotatable bonds is 3. The van der Waals surface area contributed by atoms with Crippen LogP contribution < -0.4 is 11.1 Å². The van der Waals surface area contributed by atoms with Gasteiger partial charge in [-0.1, -0.05) is 0 Å². The van der Waals surface area contributed by atoms with Crippen molar-refractivity contribution >= 4 is 0 Å². The molecule has 2 aliphatic rings. The average Bonchev–Trinajstić information content (AvgIpc) is 2.94. The highest BCUT2D eigenvalue weighted by Crippen LogP contribution is 2.33. The molecule has 1 aromatic rings. The second-order valence-corrected chi connectivity index (χ2v) is 5.20. The molecule has 0 radical (unpaired) electrons. The van der Waals surface area contributed by atoms with E-state index in [-0.39, 0.29) is 0 Å². The van der Waals surface area contributed by atoms with Crippen molar-refractivity contribution in [2.75, 3.05) is 19.6 Å². The first-order valence-corrected chi connectivity index (χ1v) is 6.89. The molecule has 1 aliphatic carbocycles. The minimum Gasteiger partial charge on any atom is -0.329 e. The second kappa shape index (κ2) is 4.78. The first kappa shape index (κ1) is 11.2. The number of fused-ring (bicyclic) bond motifs is 1. The lowest BCUT2D eigenvalue weighted by atomic mass is 9.92. The molecule has 17 heavy (non-hydrogen) atoms. The Kier molecular flexibility index (Phi) is 3.16. The minimum atomic E-state index is 0.683. The van der Waals surface area contributed by atoms with Gasteiger partial charge in [-0.05, 0) is 50.8 Å². The van der Waals surface area contributed by atoms with E-state index in [9.17, 15) is 0 Å². The molecular formula is C13H22N4. The highest BCUT2D eigenvalue weighted by molar-refractivity contribution is 5.33. The molecule has 3 N–H and O–H groups in total. The van der Waals surface area contributed by atoms with Crippen molar-refractivity contribution < 1.29 is 0 Å². The van der Waals surface area contributed by atoms with Crippen molar-refractivity contribution in [3.8, 4) is 0 Å². The smallest absolute Gasteiger partial charge is 0.0691 e. The molecular weight excluding hydrogens is 212 g/mol. The SMILES string of the molecule is NCCn1nc(C2CCNCC2)c2c1CCC2. The van der Waals surface area contributed by atoms with E-state index in [1.807, 2.05) is 0 Å². The van der Waals surface area contributed by atoms with Gasteiger partial charge < -0.3 is 11.1 Å². The van der Waals surface area contributed by atoms with Crippen molar-refractivity contribution in [1.29, 1.82) is 0 Å². The standard InChI is InChI=1S/C13H22N4/c14-6-9-17-12-3-1-2-11(12)13(16-17)10-4-7-15-8-5-10/h10,15H,1-9,14H2. The fraction of sp³-hybridized carbons (Fsp3) is 0.769. The van der Waals surface area contributed by atoms with E-state index in [4.69, 9.17) is 10.8 Å². The molecule has 2 heterocycles. The largest absolute Gasteiger partial charge is 0.329 e. The topological polar surface area (TPSA) is 55.9 Å². The molecule has 0 aromatic carbocycles. The molecule has 0 bridgehead atoms. The number of hydrogen-bond acceptors (Lipinski definition) is 3. The fourth-order valence-corrected chi connectivity index (χ4v) is 3.27. The first-order chi connectivity index (χ1) is 8.40. The zero-order valence-corrected chi connectivity index (χ0v) is 10.4. The summed E-state index contributed by atoms with van der Waals surface area (Å²) >= 11 is 0. The quantitative estimate of drug-likeness (QED) is 0.813. The van der Waals surface area contributed by atoms with Gasteiger partial charge in [0.15, 0.2) is 0 Å². The van der Waals surface area contributed by atoms with Gasteiger partial charge >= 0.3 is 0 Å². The summed E-state index contributed by atoms with van der Waals surface area (Å²) in [5, 5.41) is 8.28. The van der Waals surface area contributed by atoms with E-state index >= 15 is 0 Å². The summed E-state index contributed by atoms with van der Waals surface area (Å²) in [6.07, 6.45) is 6.22. The molecule has 1 aliphatic heterocycles. The number of nitrogens with two attached hydrogens (primary N) is 1. The molecule has 0 unspecified atom stereocenters. The Labute approximate surface area is 103 Å². The Morgan fingerprint density at radius 3 is 2.88 bits per heavy atom. The van der Waals surface area contributed by atoms with Crippen LogP contribution in [0.25, 0.3) is 0 Å². The van der Waals surface area contributed by atoms with Crippen molar-refractivity contribution in [3.05, 3.63) is 17.0 Å². The van der Waals surface area contributed by atoms with Gasteiger partial charge in [0.2, 0.25) is 0 Å². The minimum absolute atomic E-state index is 0.683. The summed E-state index contributed by atoms with van der Waals surface area (Å²) in [6, 6.07) is 0. The molecule has 0 saturated carbocycles. The van der Waals surface area contributed by atoms with Crippen molar-refractivity contribution in [2.45, 2.75) is 44.6 Å². The third-order valence-corrected chi connectivity index (χ3v) is 4.10. The third-order valence-electron chi connectivity index (χ3n) is 4.10. The molecule has 1 saturated heterocycles. The zero-order valence-electron chi connectivity index (χ0n) is 10.4. The van der Waals surface area contributed by atoms with Gasteiger partial charge in [0.25, 0.3) is 0 Å². The van der Waals surface area contributed by atoms with Crippen LogP contribution in [0.3, 0.4) is 0 Å². The lowest BCUT2D eigenvalue weighted by Crippen LogP contribution is -2.27. The molecule has 4 nitrogen and oxygen atoms in total. The Morgan fingerprint density at radius 1 is 1.29 bits per heavy atom. The van der Waals surface area contributed by atoms with Gasteiger partial charge in [0, 0.05) is 18.2 Å². The van der Waals surface area contributed by atoms with Gasteiger partial charge in [-0.2, -0.15) is 5.10 Å². The summed E-state index contributed by atoms with van der Waals surface area (Å²) in [4.78, 5) is 0. The van der Waals surface area contributed by atoms with Gasteiger partial charge in [0.05, 0.1) is 12.2 Å². The second-order valence-electron chi connectivity index (χ2n) is 5.20. The highest BCUT2D eigenvalue weighted by atomic mass is 15.3. The average molecular weight is 234 g/mol.